The summed E-state index contributed by atoms with van der Waals surface area (Å²) in [5.41, 5.74) is 2.43. The molecule has 8 nitrogen and oxygen atoms in total. The molecule has 1 N–H and O–H groups in total. The van der Waals surface area contributed by atoms with Crippen molar-refractivity contribution >= 4 is 38.6 Å². The molecule has 0 aliphatic carbocycles. The third-order valence-corrected chi connectivity index (χ3v) is 13.0. The van der Waals surface area contributed by atoms with Gasteiger partial charge in [0.25, 0.3) is 5.91 Å². The lowest BCUT2D eigenvalue weighted by molar-refractivity contribution is 0.0602. The normalized spacial score (nSPS) is 22.8. The van der Waals surface area contributed by atoms with Gasteiger partial charge in [-0.3, -0.25) is 9.69 Å². The fourth-order valence-electron chi connectivity index (χ4n) is 8.61. The van der Waals surface area contributed by atoms with Gasteiger partial charge >= 0.3 is 0 Å². The van der Waals surface area contributed by atoms with Crippen LogP contribution in [0.2, 0.25) is 5.02 Å². The van der Waals surface area contributed by atoms with Crippen LogP contribution in [0.5, 0.6) is 0 Å². The molecule has 2 bridgehead atoms. The summed E-state index contributed by atoms with van der Waals surface area (Å²) in [4.78, 5) is 22.3. The summed E-state index contributed by atoms with van der Waals surface area (Å²) >= 11 is 6.04. The van der Waals surface area contributed by atoms with E-state index in [9.17, 15) is 17.6 Å². The number of rotatable bonds is 8. The number of nitrogens with zero attached hydrogens (tertiary/aromatic N) is 4. The minimum atomic E-state index is -4.01. The lowest BCUT2D eigenvalue weighted by Crippen LogP contribution is -2.49. The van der Waals surface area contributed by atoms with Gasteiger partial charge in [0.15, 0.2) is 0 Å². The molecule has 3 aliphatic rings. The van der Waals surface area contributed by atoms with E-state index in [0.717, 1.165) is 67.7 Å². The van der Waals surface area contributed by atoms with Gasteiger partial charge in [-0.15, -0.1) is 0 Å². The van der Waals surface area contributed by atoms with Crippen LogP contribution in [0.15, 0.2) is 65.6 Å². The number of amides is 1. The van der Waals surface area contributed by atoms with Crippen molar-refractivity contribution in [2.24, 2.45) is 0 Å². The molecule has 3 aliphatic heterocycles. The lowest BCUT2D eigenvalue weighted by atomic mass is 9.70. The van der Waals surface area contributed by atoms with E-state index in [4.69, 9.17) is 16.6 Å². The van der Waals surface area contributed by atoms with Crippen molar-refractivity contribution in [2.45, 2.75) is 80.3 Å². The Bertz CT molecular complexity index is 1960. The van der Waals surface area contributed by atoms with Gasteiger partial charge in [0.05, 0.1) is 21.6 Å². The van der Waals surface area contributed by atoms with Gasteiger partial charge in [0.2, 0.25) is 10.0 Å². The van der Waals surface area contributed by atoms with Gasteiger partial charge in [0, 0.05) is 31.2 Å². The number of carbonyl (C=O) groups is 1. The summed E-state index contributed by atoms with van der Waals surface area (Å²) in [5.74, 6) is -0.707. The SMILES string of the molecule is CNS(=O)(=O)c1cc(C(=O)N2CCC(CCN3[C@@H]4CC[C@H]3C[C@@H](n3c(C)nc5ccccc53)C4)(c3cccc(F)c3)CC2)c(F)cc1Cl. The van der Waals surface area contributed by atoms with Crippen LogP contribution in [-0.2, 0) is 15.4 Å². The summed E-state index contributed by atoms with van der Waals surface area (Å²) in [6.07, 6.45) is 6.38. The molecule has 4 heterocycles. The van der Waals surface area contributed by atoms with Crippen LogP contribution >= 0.6 is 11.6 Å². The summed E-state index contributed by atoms with van der Waals surface area (Å²) in [7, 11) is -2.78. The molecule has 0 unspecified atom stereocenters. The number of nitrogens with one attached hydrogen (secondary N) is 1. The van der Waals surface area contributed by atoms with Crippen molar-refractivity contribution in [1.82, 2.24) is 24.1 Å². The quantitative estimate of drug-likeness (QED) is 0.224. The molecule has 254 valence electrons. The van der Waals surface area contributed by atoms with Gasteiger partial charge in [0.1, 0.15) is 22.4 Å². The Hall–Kier alpha value is -3.38. The van der Waals surface area contributed by atoms with E-state index >= 15 is 4.39 Å². The zero-order valence-corrected chi connectivity index (χ0v) is 28.7. The number of likely N-dealkylation sites (tertiary alicyclic amines) is 1. The van der Waals surface area contributed by atoms with Gasteiger partial charge < -0.3 is 9.47 Å². The maximum Gasteiger partial charge on any atom is 0.256 e. The number of carbonyl (C=O) groups excluding carboxylic acids is 1. The minimum absolute atomic E-state index is 0.296. The van der Waals surface area contributed by atoms with E-state index < -0.39 is 21.7 Å². The molecule has 7 rings (SSSR count). The van der Waals surface area contributed by atoms with Crippen LogP contribution < -0.4 is 4.72 Å². The molecule has 48 heavy (non-hydrogen) atoms. The molecule has 0 saturated carbocycles. The molecule has 3 aromatic carbocycles. The highest BCUT2D eigenvalue weighted by atomic mass is 35.5. The molecule has 0 radical (unpaired) electrons. The Kier molecular flexibility index (Phi) is 8.85. The standard InChI is InChI=1S/C36H40ClF2N5O3S/c1-23-41-32-8-3-4-9-33(32)44(23)28-19-26-10-11-27(20-28)43(26)17-14-36(24-6-5-7-25(38)18-24)12-15-42(16-13-36)35(45)29-21-34(48(46,47)40-2)30(37)22-31(29)39/h3-9,18,21-22,26-28,40H,10-17,19-20H2,1-2H3/t26-,27+,28+. The van der Waals surface area contributed by atoms with Crippen LogP contribution in [-0.4, -0.2) is 72.4 Å². The number of aromatic nitrogens is 2. The van der Waals surface area contributed by atoms with Crippen molar-refractivity contribution in [2.75, 3.05) is 26.7 Å². The third kappa shape index (κ3) is 5.93. The second kappa shape index (κ2) is 12.8. The van der Waals surface area contributed by atoms with E-state index in [2.05, 4.69) is 39.3 Å². The van der Waals surface area contributed by atoms with Gasteiger partial charge in [-0.25, -0.2) is 26.9 Å². The number of hydrogen-bond acceptors (Lipinski definition) is 5. The largest absolute Gasteiger partial charge is 0.338 e. The highest BCUT2D eigenvalue weighted by Crippen LogP contribution is 2.45. The van der Waals surface area contributed by atoms with E-state index in [0.29, 0.717) is 44.1 Å². The van der Waals surface area contributed by atoms with Gasteiger partial charge in [-0.05, 0) is 113 Å². The number of piperidine rings is 2. The molecular formula is C36H40ClF2N5O3S. The fourth-order valence-corrected chi connectivity index (χ4v) is 9.87. The van der Waals surface area contributed by atoms with Crippen LogP contribution in [0.3, 0.4) is 0 Å². The first-order chi connectivity index (χ1) is 23.0. The predicted octanol–water partition coefficient (Wildman–Crippen LogP) is 6.62. The topological polar surface area (TPSA) is 87.5 Å². The van der Waals surface area contributed by atoms with Crippen molar-refractivity contribution in [3.8, 4) is 0 Å². The number of aryl methyl sites for hydroxylation is 1. The van der Waals surface area contributed by atoms with E-state index in [1.807, 2.05) is 12.1 Å². The molecule has 1 amide bonds. The lowest BCUT2D eigenvalue weighted by Gasteiger charge is -2.45. The van der Waals surface area contributed by atoms with Gasteiger partial charge in [-0.1, -0.05) is 35.9 Å². The fraction of sp³-hybridized carbons (Fsp3) is 0.444. The Morgan fingerprint density at radius 1 is 1.00 bits per heavy atom. The second-order valence-electron chi connectivity index (χ2n) is 13.6. The van der Waals surface area contributed by atoms with E-state index in [1.54, 1.807) is 17.0 Å². The third-order valence-electron chi connectivity index (χ3n) is 11.1. The molecule has 12 heteroatoms. The number of hydrogen-bond donors (Lipinski definition) is 1. The summed E-state index contributed by atoms with van der Waals surface area (Å²) in [5, 5.41) is -0.298. The maximum atomic E-state index is 15.0. The van der Waals surface area contributed by atoms with Gasteiger partial charge in [-0.2, -0.15) is 0 Å². The van der Waals surface area contributed by atoms with Crippen LogP contribution in [0, 0.1) is 18.6 Å². The van der Waals surface area contributed by atoms with Crippen molar-refractivity contribution < 1.29 is 22.0 Å². The van der Waals surface area contributed by atoms with Crippen molar-refractivity contribution in [3.63, 3.8) is 0 Å². The second-order valence-corrected chi connectivity index (χ2v) is 15.8. The predicted molar refractivity (Wildman–Crippen MR) is 182 cm³/mol. The minimum Gasteiger partial charge on any atom is -0.338 e. The highest BCUT2D eigenvalue weighted by molar-refractivity contribution is 7.89. The smallest absolute Gasteiger partial charge is 0.256 e. The van der Waals surface area contributed by atoms with Crippen LogP contribution in [0.25, 0.3) is 11.0 Å². The highest BCUT2D eigenvalue weighted by Gasteiger charge is 2.44. The van der Waals surface area contributed by atoms with E-state index in [-0.39, 0.29) is 26.7 Å². The first-order valence-electron chi connectivity index (χ1n) is 16.7. The monoisotopic (exact) mass is 695 g/mol. The van der Waals surface area contributed by atoms with Crippen molar-refractivity contribution in [3.05, 3.63) is 94.3 Å². The summed E-state index contributed by atoms with van der Waals surface area (Å²) < 4.78 is 59.2. The summed E-state index contributed by atoms with van der Waals surface area (Å²) in [6, 6.07) is 18.3. The Morgan fingerprint density at radius 3 is 2.40 bits per heavy atom. The average molecular weight is 696 g/mol. The first-order valence-corrected chi connectivity index (χ1v) is 18.5. The summed E-state index contributed by atoms with van der Waals surface area (Å²) in [6.45, 7) is 3.62. The molecule has 3 saturated heterocycles. The Labute approximate surface area is 285 Å². The average Bonchev–Trinajstić information content (AvgIpc) is 3.53. The number of halogens is 3. The van der Waals surface area contributed by atoms with Crippen molar-refractivity contribution in [1.29, 1.82) is 0 Å². The van der Waals surface area contributed by atoms with Crippen LogP contribution in [0.4, 0.5) is 8.78 Å². The Morgan fingerprint density at radius 2 is 1.71 bits per heavy atom. The Balaban J connectivity index is 1.09. The molecular weight excluding hydrogens is 656 g/mol. The first kappa shape index (κ1) is 33.1. The zero-order valence-electron chi connectivity index (χ0n) is 27.1. The number of benzene rings is 3. The maximum absolute atomic E-state index is 15.0. The zero-order chi connectivity index (χ0) is 33.8. The molecule has 0 spiro atoms. The number of imidazole rings is 1. The number of fused-ring (bicyclic) bond motifs is 3. The number of para-hydroxylation sites is 2. The number of sulfonamides is 1. The van der Waals surface area contributed by atoms with Crippen LogP contribution in [0.1, 0.15) is 72.7 Å². The van der Waals surface area contributed by atoms with E-state index in [1.165, 1.54) is 18.6 Å². The molecule has 3 atom stereocenters. The molecule has 3 fully saturated rings. The molecule has 1 aromatic heterocycles. The molecule has 4 aromatic rings.